The molecule has 0 unspecified atom stereocenters. The summed E-state index contributed by atoms with van der Waals surface area (Å²) in [6.45, 7) is 0. The van der Waals surface area contributed by atoms with Crippen molar-refractivity contribution in [2.45, 2.75) is 0 Å². The van der Waals surface area contributed by atoms with Crippen LogP contribution >= 0.6 is 39.1 Å². The third kappa shape index (κ3) is 1.26. The Labute approximate surface area is 80.5 Å². The Balaban J connectivity index is 2.87. The number of pyridine rings is 1. The molecule has 0 aliphatic carbocycles. The molecule has 2 heterocycles. The fourth-order valence-corrected chi connectivity index (χ4v) is 2.00. The lowest BCUT2D eigenvalue weighted by atomic mass is 10.4. The third-order valence-electron chi connectivity index (χ3n) is 1.25. The molecular formula is C6H2BrClN2S. The van der Waals surface area contributed by atoms with E-state index >= 15 is 0 Å². The van der Waals surface area contributed by atoms with E-state index in [1.54, 1.807) is 6.07 Å². The Hall–Kier alpha value is -0.190. The van der Waals surface area contributed by atoms with E-state index in [4.69, 9.17) is 11.6 Å². The molecule has 0 saturated carbocycles. The summed E-state index contributed by atoms with van der Waals surface area (Å²) >= 11 is 10.4. The zero-order valence-electron chi connectivity index (χ0n) is 5.21. The lowest BCUT2D eigenvalue weighted by molar-refractivity contribution is 1.41. The Morgan fingerprint density at radius 3 is 3.09 bits per heavy atom. The zero-order chi connectivity index (χ0) is 7.84. The van der Waals surface area contributed by atoms with Gasteiger partial charge in [0.15, 0.2) is 0 Å². The first kappa shape index (κ1) is 7.46. The van der Waals surface area contributed by atoms with Gasteiger partial charge in [-0.2, -0.15) is 4.37 Å². The molecule has 0 fully saturated rings. The summed E-state index contributed by atoms with van der Waals surface area (Å²) in [5, 5.41) is 0.499. The molecule has 2 rings (SSSR count). The summed E-state index contributed by atoms with van der Waals surface area (Å²) in [5.74, 6) is 0. The van der Waals surface area contributed by atoms with Gasteiger partial charge in [0.05, 0.1) is 0 Å². The maximum Gasteiger partial charge on any atom is 0.129 e. The van der Waals surface area contributed by atoms with Crippen molar-refractivity contribution in [1.82, 2.24) is 9.36 Å². The van der Waals surface area contributed by atoms with E-state index in [1.807, 2.05) is 6.07 Å². The average Bonchev–Trinajstić information content (AvgIpc) is 2.33. The Morgan fingerprint density at radius 2 is 2.27 bits per heavy atom. The minimum atomic E-state index is 0.499. The van der Waals surface area contributed by atoms with E-state index in [1.165, 1.54) is 11.5 Å². The molecule has 0 N–H and O–H groups in total. The van der Waals surface area contributed by atoms with Gasteiger partial charge in [0.1, 0.15) is 20.0 Å². The lowest BCUT2D eigenvalue weighted by Gasteiger charge is -1.88. The molecule has 0 bridgehead atoms. The second-order valence-corrected chi connectivity index (χ2v) is 4.44. The first-order valence-electron chi connectivity index (χ1n) is 2.85. The van der Waals surface area contributed by atoms with Crippen LogP contribution in [0.3, 0.4) is 0 Å². The van der Waals surface area contributed by atoms with Crippen molar-refractivity contribution in [3.63, 3.8) is 0 Å². The van der Waals surface area contributed by atoms with Crippen molar-refractivity contribution in [3.8, 4) is 0 Å². The first-order valence-corrected chi connectivity index (χ1v) is 4.79. The highest BCUT2D eigenvalue weighted by Crippen LogP contribution is 2.26. The van der Waals surface area contributed by atoms with Crippen LogP contribution in [0.15, 0.2) is 15.9 Å². The van der Waals surface area contributed by atoms with Crippen molar-refractivity contribution < 1.29 is 0 Å². The largest absolute Gasteiger partial charge is 0.232 e. The average molecular weight is 250 g/mol. The van der Waals surface area contributed by atoms with Crippen molar-refractivity contribution >= 4 is 50.1 Å². The van der Waals surface area contributed by atoms with E-state index < -0.39 is 0 Å². The van der Waals surface area contributed by atoms with Gasteiger partial charge in [0.25, 0.3) is 0 Å². The van der Waals surface area contributed by atoms with Gasteiger partial charge < -0.3 is 0 Å². The molecule has 56 valence electrons. The van der Waals surface area contributed by atoms with Crippen LogP contribution in [-0.4, -0.2) is 9.36 Å². The van der Waals surface area contributed by atoms with Crippen molar-refractivity contribution in [2.75, 3.05) is 0 Å². The molecule has 5 heteroatoms. The molecule has 0 aromatic carbocycles. The summed E-state index contributed by atoms with van der Waals surface area (Å²) in [6.07, 6.45) is 0. The van der Waals surface area contributed by atoms with Crippen molar-refractivity contribution in [1.29, 1.82) is 0 Å². The Morgan fingerprint density at radius 1 is 1.45 bits per heavy atom. The van der Waals surface area contributed by atoms with Crippen molar-refractivity contribution in [3.05, 3.63) is 21.1 Å². The predicted molar refractivity (Wildman–Crippen MR) is 50.1 cm³/mol. The molecular weight excluding hydrogens is 248 g/mol. The Bertz CT molecular complexity index is 400. The van der Waals surface area contributed by atoms with Crippen LogP contribution in [0, 0.1) is 0 Å². The number of rotatable bonds is 0. The molecule has 0 aliphatic heterocycles. The van der Waals surface area contributed by atoms with E-state index in [-0.39, 0.29) is 0 Å². The lowest BCUT2D eigenvalue weighted by Crippen LogP contribution is -1.74. The number of nitrogens with zero attached hydrogens (tertiary/aromatic N) is 2. The molecule has 0 saturated heterocycles. The predicted octanol–water partition coefficient (Wildman–Crippen LogP) is 3.11. The number of fused-ring (bicyclic) bond motifs is 1. The van der Waals surface area contributed by atoms with Gasteiger partial charge in [-0.3, -0.25) is 0 Å². The highest BCUT2D eigenvalue weighted by atomic mass is 79.9. The number of hydrogen-bond donors (Lipinski definition) is 0. The maximum atomic E-state index is 5.69. The molecule has 11 heavy (non-hydrogen) atoms. The maximum absolute atomic E-state index is 5.69. The van der Waals surface area contributed by atoms with Crippen LogP contribution in [0.1, 0.15) is 0 Å². The van der Waals surface area contributed by atoms with Crippen LogP contribution in [0.25, 0.3) is 11.0 Å². The standard InChI is InChI=1S/C6H2BrClN2S/c7-6-5-3(10-11-6)1-2-4(8)9-5/h1-2H. The molecule has 0 spiro atoms. The van der Waals surface area contributed by atoms with Crippen LogP contribution in [0.2, 0.25) is 5.15 Å². The van der Waals surface area contributed by atoms with Crippen molar-refractivity contribution in [2.24, 2.45) is 0 Å². The van der Waals surface area contributed by atoms with Gasteiger partial charge in [0.2, 0.25) is 0 Å². The second-order valence-electron chi connectivity index (χ2n) is 1.96. The fraction of sp³-hybridized carbons (Fsp3) is 0. The number of halogens is 2. The smallest absolute Gasteiger partial charge is 0.129 e. The van der Waals surface area contributed by atoms with Gasteiger partial charge in [-0.05, 0) is 39.6 Å². The second kappa shape index (κ2) is 2.69. The highest BCUT2D eigenvalue weighted by molar-refractivity contribution is 9.11. The summed E-state index contributed by atoms with van der Waals surface area (Å²) < 4.78 is 5.06. The topological polar surface area (TPSA) is 25.8 Å². The molecule has 2 aromatic heterocycles. The minimum absolute atomic E-state index is 0.499. The van der Waals surface area contributed by atoms with E-state index in [2.05, 4.69) is 25.3 Å². The summed E-state index contributed by atoms with van der Waals surface area (Å²) in [7, 11) is 0. The molecule has 0 aliphatic rings. The number of hydrogen-bond acceptors (Lipinski definition) is 3. The molecule has 0 amide bonds. The quantitative estimate of drug-likeness (QED) is 0.671. The van der Waals surface area contributed by atoms with Crippen LogP contribution in [-0.2, 0) is 0 Å². The summed E-state index contributed by atoms with van der Waals surface area (Å²) in [6, 6.07) is 3.59. The van der Waals surface area contributed by atoms with E-state index in [9.17, 15) is 0 Å². The highest BCUT2D eigenvalue weighted by Gasteiger charge is 2.03. The summed E-state index contributed by atoms with van der Waals surface area (Å²) in [5.41, 5.74) is 1.72. The zero-order valence-corrected chi connectivity index (χ0v) is 8.37. The summed E-state index contributed by atoms with van der Waals surface area (Å²) in [4.78, 5) is 4.10. The van der Waals surface area contributed by atoms with Gasteiger partial charge in [-0.25, -0.2) is 4.98 Å². The van der Waals surface area contributed by atoms with Gasteiger partial charge in [-0.1, -0.05) is 11.6 Å². The van der Waals surface area contributed by atoms with Gasteiger partial charge in [-0.15, -0.1) is 0 Å². The third-order valence-corrected chi connectivity index (χ3v) is 2.91. The van der Waals surface area contributed by atoms with Crippen LogP contribution in [0.5, 0.6) is 0 Å². The molecule has 2 nitrogen and oxygen atoms in total. The normalized spacial score (nSPS) is 10.7. The SMILES string of the molecule is Clc1ccc2nsc(Br)c2n1. The van der Waals surface area contributed by atoms with Crippen LogP contribution in [0.4, 0.5) is 0 Å². The molecule has 2 aromatic rings. The first-order chi connectivity index (χ1) is 5.27. The van der Waals surface area contributed by atoms with Crippen LogP contribution < -0.4 is 0 Å². The molecule has 0 radical (unpaired) electrons. The monoisotopic (exact) mass is 248 g/mol. The van der Waals surface area contributed by atoms with Gasteiger partial charge >= 0.3 is 0 Å². The van der Waals surface area contributed by atoms with E-state index in [0.717, 1.165) is 14.8 Å². The fourth-order valence-electron chi connectivity index (χ4n) is 0.779. The van der Waals surface area contributed by atoms with E-state index in [0.29, 0.717) is 5.15 Å². The minimum Gasteiger partial charge on any atom is -0.232 e. The number of aromatic nitrogens is 2. The molecule has 0 atom stereocenters. The Kier molecular flexibility index (Phi) is 1.83. The van der Waals surface area contributed by atoms with Gasteiger partial charge in [0, 0.05) is 0 Å².